The summed E-state index contributed by atoms with van der Waals surface area (Å²) in [6.07, 6.45) is 3.81. The van der Waals surface area contributed by atoms with Gasteiger partial charge >= 0.3 is 0 Å². The normalized spacial score (nSPS) is 18.7. The summed E-state index contributed by atoms with van der Waals surface area (Å²) in [5.74, 6) is -0.202. The highest BCUT2D eigenvalue weighted by Gasteiger charge is 2.27. The number of sulfonamides is 1. The first-order chi connectivity index (χ1) is 10.8. The van der Waals surface area contributed by atoms with Gasteiger partial charge in [-0.15, -0.1) is 0 Å². The number of halogens is 1. The van der Waals surface area contributed by atoms with E-state index in [9.17, 15) is 12.8 Å². The molecule has 0 radical (unpaired) electrons. The smallest absolute Gasteiger partial charge is 0.212 e. The predicted octanol–water partition coefficient (Wildman–Crippen LogP) is 2.67. The molecule has 122 valence electrons. The van der Waals surface area contributed by atoms with Crippen molar-refractivity contribution >= 4 is 10.0 Å². The number of pyridine rings is 1. The van der Waals surface area contributed by atoms with Gasteiger partial charge < -0.3 is 0 Å². The van der Waals surface area contributed by atoms with Crippen LogP contribution in [0.2, 0.25) is 0 Å². The summed E-state index contributed by atoms with van der Waals surface area (Å²) in [4.78, 5) is 3.68. The second-order valence-corrected chi connectivity index (χ2v) is 8.25. The van der Waals surface area contributed by atoms with Gasteiger partial charge in [0, 0.05) is 11.8 Å². The largest absolute Gasteiger partial charge is 0.228 e. The van der Waals surface area contributed by atoms with Crippen LogP contribution in [0.25, 0.3) is 11.1 Å². The maximum absolute atomic E-state index is 12.9. The molecular weight excluding hydrogens is 315 g/mol. The zero-order chi connectivity index (χ0) is 16.6. The summed E-state index contributed by atoms with van der Waals surface area (Å²) in [5.41, 5.74) is 4.33. The second-order valence-electron chi connectivity index (χ2n) is 6.26. The fourth-order valence-corrected chi connectivity index (χ4v) is 3.75. The van der Waals surface area contributed by atoms with E-state index in [4.69, 9.17) is 5.14 Å². The molecule has 0 amide bonds. The Labute approximate surface area is 135 Å². The molecule has 0 bridgehead atoms. The number of primary sulfonamides is 1. The van der Waals surface area contributed by atoms with Crippen molar-refractivity contribution in [1.82, 2.24) is 4.98 Å². The molecule has 2 N–H and O–H groups in total. The molecule has 6 heteroatoms. The van der Waals surface area contributed by atoms with Crippen molar-refractivity contribution in [2.24, 2.45) is 11.1 Å². The molecule has 4 nitrogen and oxygen atoms in total. The van der Waals surface area contributed by atoms with E-state index in [0.29, 0.717) is 12.3 Å². The molecule has 1 aromatic heterocycles. The average molecular weight is 334 g/mol. The van der Waals surface area contributed by atoms with Crippen LogP contribution in [0, 0.1) is 11.9 Å². The van der Waals surface area contributed by atoms with E-state index < -0.39 is 21.2 Å². The lowest BCUT2D eigenvalue weighted by molar-refractivity contribution is 0.493. The minimum atomic E-state index is -3.48. The summed E-state index contributed by atoms with van der Waals surface area (Å²) in [5, 5.41) is 4.68. The van der Waals surface area contributed by atoms with Crippen LogP contribution in [0.5, 0.6) is 0 Å². The quantitative estimate of drug-likeness (QED) is 0.874. The Balaban J connectivity index is 1.77. The van der Waals surface area contributed by atoms with Gasteiger partial charge in [-0.05, 0) is 60.9 Å². The Morgan fingerprint density at radius 2 is 1.91 bits per heavy atom. The Morgan fingerprint density at radius 3 is 2.57 bits per heavy atom. The Kier molecular flexibility index (Phi) is 4.21. The number of nitrogens with zero attached hydrogens (tertiary/aromatic N) is 1. The number of fused-ring (bicyclic) bond motifs is 1. The Bertz CT molecular complexity index is 819. The molecule has 0 saturated carbocycles. The molecular formula is C17H19FN2O2S. The first-order valence-corrected chi connectivity index (χ1v) is 9.19. The van der Waals surface area contributed by atoms with E-state index in [1.54, 1.807) is 13.0 Å². The van der Waals surface area contributed by atoms with Crippen molar-refractivity contribution in [1.29, 1.82) is 0 Å². The Hall–Kier alpha value is -1.79. The maximum Gasteiger partial charge on any atom is 0.212 e. The minimum absolute atomic E-state index is 0.292. The van der Waals surface area contributed by atoms with E-state index in [0.717, 1.165) is 24.0 Å². The lowest BCUT2D eigenvalue weighted by Crippen LogP contribution is -2.28. The highest BCUT2D eigenvalue weighted by Crippen LogP contribution is 2.33. The van der Waals surface area contributed by atoms with E-state index in [2.05, 4.69) is 17.1 Å². The molecule has 1 aromatic carbocycles. The molecule has 2 aromatic rings. The lowest BCUT2D eigenvalue weighted by Gasteiger charge is -2.13. The molecule has 2 atom stereocenters. The number of hydrogen-bond donors (Lipinski definition) is 1. The van der Waals surface area contributed by atoms with Crippen molar-refractivity contribution in [3.8, 4) is 11.1 Å². The van der Waals surface area contributed by atoms with E-state index in [-0.39, 0.29) is 0 Å². The first-order valence-electron chi connectivity index (χ1n) is 7.58. The molecule has 0 aliphatic heterocycles. The predicted molar refractivity (Wildman–Crippen MR) is 87.7 cm³/mol. The summed E-state index contributed by atoms with van der Waals surface area (Å²) in [7, 11) is -3.48. The van der Waals surface area contributed by atoms with Crippen LogP contribution in [-0.4, -0.2) is 18.7 Å². The molecule has 1 aliphatic carbocycles. The minimum Gasteiger partial charge on any atom is -0.228 e. The van der Waals surface area contributed by atoms with Crippen molar-refractivity contribution in [2.75, 3.05) is 0 Å². The van der Waals surface area contributed by atoms with Gasteiger partial charge in [0.25, 0.3) is 0 Å². The van der Waals surface area contributed by atoms with Crippen LogP contribution in [-0.2, 0) is 22.9 Å². The molecule has 3 rings (SSSR count). The van der Waals surface area contributed by atoms with Gasteiger partial charge in [-0.25, -0.2) is 18.5 Å². The van der Waals surface area contributed by atoms with E-state index >= 15 is 0 Å². The van der Waals surface area contributed by atoms with Crippen LogP contribution in [0.1, 0.15) is 24.5 Å². The third-order valence-electron chi connectivity index (χ3n) is 4.51. The lowest BCUT2D eigenvalue weighted by atomic mass is 10.0. The Morgan fingerprint density at radius 1 is 1.22 bits per heavy atom. The molecule has 0 fully saturated rings. The summed E-state index contributed by atoms with van der Waals surface area (Å²) in [6, 6.07) is 9.21. The fourth-order valence-electron chi connectivity index (χ4n) is 3.21. The number of hydrogen-bond acceptors (Lipinski definition) is 3. The third-order valence-corrected chi connectivity index (χ3v) is 5.82. The number of benzene rings is 1. The zero-order valence-corrected chi connectivity index (χ0v) is 13.7. The van der Waals surface area contributed by atoms with Crippen LogP contribution >= 0.6 is 0 Å². The van der Waals surface area contributed by atoms with Crippen molar-refractivity contribution in [3.63, 3.8) is 0 Å². The molecule has 23 heavy (non-hydrogen) atoms. The van der Waals surface area contributed by atoms with Crippen LogP contribution in [0.4, 0.5) is 4.39 Å². The molecule has 1 unspecified atom stereocenters. The monoisotopic (exact) mass is 334 g/mol. The van der Waals surface area contributed by atoms with Gasteiger partial charge in [0.05, 0.1) is 5.25 Å². The van der Waals surface area contributed by atoms with E-state index in [1.165, 1.54) is 23.4 Å². The van der Waals surface area contributed by atoms with Crippen molar-refractivity contribution < 1.29 is 12.8 Å². The van der Waals surface area contributed by atoms with Crippen molar-refractivity contribution in [2.45, 2.75) is 31.4 Å². The van der Waals surface area contributed by atoms with Gasteiger partial charge in [0.2, 0.25) is 16.0 Å². The zero-order valence-electron chi connectivity index (χ0n) is 12.9. The van der Waals surface area contributed by atoms with E-state index in [1.807, 2.05) is 6.07 Å². The maximum atomic E-state index is 12.9. The third kappa shape index (κ3) is 3.59. The summed E-state index contributed by atoms with van der Waals surface area (Å²) >= 11 is 0. The van der Waals surface area contributed by atoms with Gasteiger partial charge in [-0.2, -0.15) is 4.39 Å². The van der Waals surface area contributed by atoms with Crippen LogP contribution in [0.15, 0.2) is 36.5 Å². The number of nitrogens with two attached hydrogens (primary N) is 1. The molecule has 0 spiro atoms. The highest BCUT2D eigenvalue weighted by atomic mass is 32.2. The fraction of sp³-hybridized carbons (Fsp3) is 0.353. The standard InChI is InChI=1S/C17H19FN2O2S/c1-11(23(19,21)22)6-12-7-13-2-3-14(9-16(13)8-12)15-4-5-17(18)20-10-15/h2-5,9-12H,6-8H2,1H3,(H2,19,21,22)/t11?,12-/m1/s1. The topological polar surface area (TPSA) is 73.0 Å². The van der Waals surface area contributed by atoms with Gasteiger partial charge in [-0.3, -0.25) is 0 Å². The van der Waals surface area contributed by atoms with Crippen molar-refractivity contribution in [3.05, 3.63) is 53.6 Å². The molecule has 1 heterocycles. The van der Waals surface area contributed by atoms with Crippen LogP contribution in [0.3, 0.4) is 0 Å². The second kappa shape index (κ2) is 6.02. The summed E-state index contributed by atoms with van der Waals surface area (Å²) in [6.45, 7) is 1.66. The molecule has 0 saturated heterocycles. The number of aromatic nitrogens is 1. The van der Waals surface area contributed by atoms with Gasteiger partial charge in [-0.1, -0.05) is 18.2 Å². The van der Waals surface area contributed by atoms with Crippen LogP contribution < -0.4 is 5.14 Å². The SMILES string of the molecule is CC(C[C@@H]1Cc2ccc(-c3ccc(F)nc3)cc2C1)S(N)(=O)=O. The van der Waals surface area contributed by atoms with Gasteiger partial charge in [0.1, 0.15) is 0 Å². The highest BCUT2D eigenvalue weighted by molar-refractivity contribution is 7.89. The van der Waals surface area contributed by atoms with Gasteiger partial charge in [0.15, 0.2) is 0 Å². The first kappa shape index (κ1) is 16.1. The summed E-state index contributed by atoms with van der Waals surface area (Å²) < 4.78 is 35.7. The molecule has 1 aliphatic rings. The average Bonchev–Trinajstić information content (AvgIpc) is 2.88. The number of rotatable bonds is 4.